The Kier molecular flexibility index (Phi) is 25.5. The largest absolute Gasteiger partial charge is 2.00 e. The summed E-state index contributed by atoms with van der Waals surface area (Å²) >= 11 is 0. The molecule has 0 radical (unpaired) electrons. The van der Waals surface area contributed by atoms with E-state index in [2.05, 4.69) is 9.72 Å². The van der Waals surface area contributed by atoms with Crippen LogP contribution >= 0.6 is 17.8 Å². The van der Waals surface area contributed by atoms with Crippen LogP contribution in [0.15, 0.2) is 0 Å². The van der Waals surface area contributed by atoms with Crippen LogP contribution in [-0.2, 0) is 26.2 Å². The van der Waals surface area contributed by atoms with Crippen molar-refractivity contribution < 1.29 is 51.0 Å². The molecule has 1 aliphatic rings. The first-order valence-electron chi connectivity index (χ1n) is 1.00. The van der Waals surface area contributed by atoms with E-state index in [9.17, 15) is 0 Å². The third-order valence-electron chi connectivity index (χ3n) is 0.250. The maximum atomic E-state index is 3.06. The minimum atomic E-state index is 0. The molecule has 0 aromatic heterocycles. The predicted octanol–water partition coefficient (Wildman–Crippen LogP) is -5.80. The van der Waals surface area contributed by atoms with Crippen LogP contribution in [0.3, 0.4) is 0 Å². The van der Waals surface area contributed by atoms with Gasteiger partial charge >= 0.3 is 26.2 Å². The Bertz CT molecular complexity index is 21.7. The van der Waals surface area contributed by atoms with Crippen molar-refractivity contribution in [1.29, 1.82) is 0 Å². The molecule has 0 spiro atoms. The van der Waals surface area contributed by atoms with Crippen LogP contribution in [0.2, 0.25) is 0 Å². The Morgan fingerprint density at radius 1 is 0.857 bits per heavy atom. The summed E-state index contributed by atoms with van der Waals surface area (Å²) in [4.78, 5) is 6.11. The number of hydrogen-bond acceptors (Lipinski definition) is 2. The normalized spacial score (nSPS) is 20.6. The van der Waals surface area contributed by atoms with E-state index in [-0.39, 0.29) is 51.0 Å². The standard InChI is InChI=1S/2ClH.H4N2P2.Zr/c;;1-3-2-4-1;/h2*1H;1-4H;/q;;;+2/p-2. The molecule has 0 atom stereocenters. The summed E-state index contributed by atoms with van der Waals surface area (Å²) in [5.41, 5.74) is 0. The first kappa shape index (κ1) is 16.1. The van der Waals surface area contributed by atoms with Crippen molar-refractivity contribution in [2.75, 3.05) is 0 Å². The number of nitrogens with one attached hydrogen (secondary N) is 2. The molecule has 7 heavy (non-hydrogen) atoms. The van der Waals surface area contributed by atoms with Crippen LogP contribution in [0, 0.1) is 0 Å². The van der Waals surface area contributed by atoms with Crippen molar-refractivity contribution in [3.8, 4) is 0 Å². The summed E-state index contributed by atoms with van der Waals surface area (Å²) < 4.78 is 0. The molecule has 1 fully saturated rings. The second kappa shape index (κ2) is 11.1. The fourth-order valence-electron chi connectivity index (χ4n) is 0.0625. The molecule has 0 saturated carbocycles. The Morgan fingerprint density at radius 2 is 1.00 bits per heavy atom. The number of hydrogen-bond donors (Lipinski definition) is 2. The zero-order valence-electron chi connectivity index (χ0n) is 3.26. The van der Waals surface area contributed by atoms with E-state index in [1.54, 1.807) is 0 Å². The molecule has 2 N–H and O–H groups in total. The SMILES string of the molecule is N1PNP1.[Cl-].[Cl-].[Zr+2]. The van der Waals surface area contributed by atoms with Crippen LogP contribution in [0.4, 0.5) is 0 Å². The Balaban J connectivity index is -0.0000000533. The number of rotatable bonds is 0. The molecule has 0 bridgehead atoms. The first-order chi connectivity index (χ1) is 2.00. The molecule has 1 rings (SSSR count). The summed E-state index contributed by atoms with van der Waals surface area (Å²) in [6.45, 7) is 0. The van der Waals surface area contributed by atoms with E-state index < -0.39 is 0 Å². The van der Waals surface area contributed by atoms with Crippen LogP contribution in [0.5, 0.6) is 0 Å². The molecule has 7 heteroatoms. The van der Waals surface area contributed by atoms with Gasteiger partial charge in [-0.1, -0.05) is 0 Å². The molecule has 2 nitrogen and oxygen atoms in total. The summed E-state index contributed by atoms with van der Waals surface area (Å²) in [5, 5.41) is 0. The van der Waals surface area contributed by atoms with Crippen LogP contribution in [0.1, 0.15) is 0 Å². The van der Waals surface area contributed by atoms with Crippen LogP contribution < -0.4 is 34.5 Å². The van der Waals surface area contributed by atoms with Gasteiger partial charge in [-0.2, -0.15) is 0 Å². The smallest absolute Gasteiger partial charge is 1.00 e. The van der Waals surface area contributed by atoms with Gasteiger partial charge < -0.3 is 24.8 Å². The van der Waals surface area contributed by atoms with Gasteiger partial charge in [0.1, 0.15) is 0 Å². The van der Waals surface area contributed by atoms with Gasteiger partial charge in [-0.15, -0.1) is 0 Å². The van der Waals surface area contributed by atoms with Crippen molar-refractivity contribution in [3.05, 3.63) is 0 Å². The van der Waals surface area contributed by atoms with Gasteiger partial charge in [0, 0.05) is 17.8 Å². The predicted molar refractivity (Wildman–Crippen MR) is 22.9 cm³/mol. The Hall–Kier alpha value is 2.24. The molecule has 42 valence electrons. The molecule has 0 aliphatic carbocycles. The van der Waals surface area contributed by atoms with Crippen molar-refractivity contribution in [3.63, 3.8) is 0 Å². The maximum absolute atomic E-state index is 3.06. The van der Waals surface area contributed by atoms with Crippen molar-refractivity contribution >= 4 is 17.8 Å². The third kappa shape index (κ3) is 8.24. The van der Waals surface area contributed by atoms with E-state index in [0.29, 0.717) is 0 Å². The van der Waals surface area contributed by atoms with E-state index in [4.69, 9.17) is 0 Å². The molecule has 0 unspecified atom stereocenters. The molecule has 0 aromatic carbocycles. The zero-order chi connectivity index (χ0) is 2.83. The molecule has 0 amide bonds. The third-order valence-corrected chi connectivity index (χ3v) is 2.25. The van der Waals surface area contributed by atoms with Crippen molar-refractivity contribution in [2.24, 2.45) is 0 Å². The topological polar surface area (TPSA) is 24.1 Å². The van der Waals surface area contributed by atoms with Crippen LogP contribution in [0.25, 0.3) is 0 Å². The molecule has 1 aliphatic heterocycles. The van der Waals surface area contributed by atoms with Gasteiger partial charge in [0.15, 0.2) is 0 Å². The molecule has 0 aromatic rings. The second-order valence-corrected chi connectivity index (χ2v) is 3.00. The van der Waals surface area contributed by atoms with Gasteiger partial charge in [0.25, 0.3) is 0 Å². The summed E-state index contributed by atoms with van der Waals surface area (Å²) in [6, 6.07) is 0. The van der Waals surface area contributed by atoms with E-state index in [1.165, 1.54) is 0 Å². The van der Waals surface area contributed by atoms with Gasteiger partial charge in [-0.05, 0) is 0 Å². The number of halogens is 2. The van der Waals surface area contributed by atoms with Gasteiger partial charge in [0.2, 0.25) is 0 Å². The minimum Gasteiger partial charge on any atom is -1.00 e. The van der Waals surface area contributed by atoms with Crippen LogP contribution in [-0.4, -0.2) is 0 Å². The quantitative estimate of drug-likeness (QED) is 0.422. The average Bonchev–Trinajstić information content (AvgIpc) is 0.722. The van der Waals surface area contributed by atoms with E-state index >= 15 is 0 Å². The summed E-state index contributed by atoms with van der Waals surface area (Å²) in [7, 11) is 1.67. The van der Waals surface area contributed by atoms with Crippen molar-refractivity contribution in [1.82, 2.24) is 9.72 Å². The fraction of sp³-hybridized carbons (Fsp3) is 0. The average molecular weight is 256 g/mol. The van der Waals surface area contributed by atoms with Gasteiger partial charge in [-0.25, -0.2) is 0 Å². The summed E-state index contributed by atoms with van der Waals surface area (Å²) in [5.74, 6) is 0. The molecular formula is H4Cl2N2P2Zr. The summed E-state index contributed by atoms with van der Waals surface area (Å²) in [6.07, 6.45) is 0. The monoisotopic (exact) mass is 254 g/mol. The first-order valence-corrected chi connectivity index (χ1v) is 3.00. The minimum absolute atomic E-state index is 0. The second-order valence-electron chi connectivity index (χ2n) is 0.500. The zero-order valence-corrected chi connectivity index (χ0v) is 9.23. The Morgan fingerprint density at radius 3 is 1.00 bits per heavy atom. The van der Waals surface area contributed by atoms with Crippen molar-refractivity contribution in [2.45, 2.75) is 0 Å². The van der Waals surface area contributed by atoms with Gasteiger partial charge in [0.05, 0.1) is 0 Å². The molecule has 1 heterocycles. The fourth-order valence-corrected chi connectivity index (χ4v) is 0.562. The van der Waals surface area contributed by atoms with E-state index in [0.717, 1.165) is 17.8 Å². The maximum Gasteiger partial charge on any atom is 2.00 e. The van der Waals surface area contributed by atoms with E-state index in [1.807, 2.05) is 0 Å². The Labute approximate surface area is 78.1 Å². The molecule has 1 saturated heterocycles. The molecular weight excluding hydrogens is 252 g/mol. The van der Waals surface area contributed by atoms with Gasteiger partial charge in [-0.3, -0.25) is 9.72 Å².